The molecule has 3 heterocycles. The molecule has 1 aliphatic heterocycles. The Hall–Kier alpha value is -2.84. The number of aryl methyl sites for hydroxylation is 2. The van der Waals surface area contributed by atoms with Gasteiger partial charge >= 0.3 is 0 Å². The molecule has 1 unspecified atom stereocenters. The van der Waals surface area contributed by atoms with Crippen molar-refractivity contribution >= 4 is 44.6 Å². The van der Waals surface area contributed by atoms with Gasteiger partial charge in [-0.05, 0) is 55.8 Å². The number of pyridine rings is 1. The molecule has 3 aromatic rings. The lowest BCUT2D eigenvalue weighted by atomic mass is 9.95. The fourth-order valence-corrected chi connectivity index (χ4v) is 4.57. The third-order valence-electron chi connectivity index (χ3n) is 4.69. The lowest BCUT2D eigenvalue weighted by Crippen LogP contribution is -2.31. The number of aliphatic hydroxyl groups is 1. The smallest absolute Gasteiger partial charge is 0.294 e. The average Bonchev–Trinajstić information content (AvgIpc) is 3.19. The van der Waals surface area contributed by atoms with E-state index in [4.69, 9.17) is 0 Å². The molecule has 1 atom stereocenters. The number of carbonyl (C=O) groups is 2. The molecule has 146 valence electrons. The predicted molar refractivity (Wildman–Crippen MR) is 114 cm³/mol. The number of hydrogen-bond acceptors (Lipinski definition) is 6. The molecule has 1 N–H and O–H groups in total. The standard InChI is InChI=1S/C21H16BrN3O3S/c1-11-20(29-12(2)24-11)18(26)16-17(13-7-9-23-10-8-13)25(21(28)19(16)27)15-5-3-14(22)4-6-15/h3-10,17,27H,1-2H3. The topological polar surface area (TPSA) is 83.4 Å². The van der Waals surface area contributed by atoms with Crippen LogP contribution in [0.15, 0.2) is 64.6 Å². The molecule has 0 saturated carbocycles. The largest absolute Gasteiger partial charge is 0.503 e. The van der Waals surface area contributed by atoms with Crippen LogP contribution in [-0.4, -0.2) is 26.8 Å². The van der Waals surface area contributed by atoms with Crippen LogP contribution in [0, 0.1) is 13.8 Å². The van der Waals surface area contributed by atoms with Crippen molar-refractivity contribution in [1.82, 2.24) is 9.97 Å². The number of Topliss-reactive ketones (excluding diaryl/α,β-unsaturated/α-hetero) is 1. The molecule has 0 fully saturated rings. The number of aliphatic hydroxyl groups excluding tert-OH is 1. The molecule has 0 saturated heterocycles. The Morgan fingerprint density at radius 2 is 1.79 bits per heavy atom. The minimum atomic E-state index is -0.763. The molecule has 0 spiro atoms. The van der Waals surface area contributed by atoms with E-state index in [1.54, 1.807) is 55.7 Å². The van der Waals surface area contributed by atoms with Gasteiger partial charge in [-0.25, -0.2) is 4.98 Å². The van der Waals surface area contributed by atoms with Crippen molar-refractivity contribution < 1.29 is 14.7 Å². The summed E-state index contributed by atoms with van der Waals surface area (Å²) in [6, 6.07) is 9.85. The molecule has 4 rings (SSSR count). The average molecular weight is 470 g/mol. The minimum Gasteiger partial charge on any atom is -0.503 e. The van der Waals surface area contributed by atoms with Crippen LogP contribution in [0.25, 0.3) is 0 Å². The molecular formula is C21H16BrN3O3S. The van der Waals surface area contributed by atoms with E-state index < -0.39 is 17.7 Å². The number of nitrogens with zero attached hydrogens (tertiary/aromatic N) is 3. The van der Waals surface area contributed by atoms with Gasteiger partial charge in [-0.2, -0.15) is 0 Å². The summed E-state index contributed by atoms with van der Waals surface area (Å²) in [5.74, 6) is -1.54. The molecule has 8 heteroatoms. The van der Waals surface area contributed by atoms with Crippen LogP contribution in [0.2, 0.25) is 0 Å². The Balaban J connectivity index is 1.88. The number of carbonyl (C=O) groups excluding carboxylic acids is 2. The van der Waals surface area contributed by atoms with Crippen LogP contribution in [0.5, 0.6) is 0 Å². The van der Waals surface area contributed by atoms with Crippen molar-refractivity contribution in [3.63, 3.8) is 0 Å². The molecule has 1 aromatic carbocycles. The molecule has 1 amide bonds. The fraction of sp³-hybridized carbons (Fsp3) is 0.143. The van der Waals surface area contributed by atoms with Crippen molar-refractivity contribution in [3.05, 3.63) is 85.7 Å². The zero-order valence-corrected chi connectivity index (χ0v) is 18.0. The second-order valence-electron chi connectivity index (χ2n) is 6.57. The highest BCUT2D eigenvalue weighted by atomic mass is 79.9. The fourth-order valence-electron chi connectivity index (χ4n) is 3.43. The highest BCUT2D eigenvalue weighted by molar-refractivity contribution is 9.10. The number of rotatable bonds is 4. The van der Waals surface area contributed by atoms with Crippen molar-refractivity contribution in [3.8, 4) is 0 Å². The number of benzene rings is 1. The van der Waals surface area contributed by atoms with Crippen LogP contribution < -0.4 is 4.90 Å². The maximum Gasteiger partial charge on any atom is 0.294 e. The SMILES string of the molecule is Cc1nc(C)c(C(=O)C2=C(O)C(=O)N(c3ccc(Br)cc3)C2c2ccncc2)s1. The van der Waals surface area contributed by atoms with E-state index in [0.29, 0.717) is 21.8 Å². The van der Waals surface area contributed by atoms with Gasteiger partial charge in [0.1, 0.15) is 0 Å². The first kappa shape index (κ1) is 19.5. The monoisotopic (exact) mass is 469 g/mol. The Bertz CT molecular complexity index is 1140. The van der Waals surface area contributed by atoms with Gasteiger partial charge in [-0.15, -0.1) is 11.3 Å². The van der Waals surface area contributed by atoms with Crippen LogP contribution >= 0.6 is 27.3 Å². The number of aromatic nitrogens is 2. The van der Waals surface area contributed by atoms with Crippen molar-refractivity contribution in [2.45, 2.75) is 19.9 Å². The third kappa shape index (κ3) is 3.38. The maximum atomic E-state index is 13.4. The van der Waals surface area contributed by atoms with Crippen molar-refractivity contribution in [2.24, 2.45) is 0 Å². The van der Waals surface area contributed by atoms with Gasteiger partial charge in [-0.1, -0.05) is 15.9 Å². The molecular weight excluding hydrogens is 454 g/mol. The Kier molecular flexibility index (Phi) is 5.06. The summed E-state index contributed by atoms with van der Waals surface area (Å²) >= 11 is 4.64. The van der Waals surface area contributed by atoms with E-state index >= 15 is 0 Å². The highest BCUT2D eigenvalue weighted by Crippen LogP contribution is 2.42. The van der Waals surface area contributed by atoms with E-state index in [1.165, 1.54) is 16.2 Å². The van der Waals surface area contributed by atoms with Gasteiger partial charge in [0.25, 0.3) is 5.91 Å². The second kappa shape index (κ2) is 7.53. The third-order valence-corrected chi connectivity index (χ3v) is 6.29. The van der Waals surface area contributed by atoms with Gasteiger partial charge in [0.15, 0.2) is 5.76 Å². The van der Waals surface area contributed by atoms with E-state index in [9.17, 15) is 14.7 Å². The molecule has 29 heavy (non-hydrogen) atoms. The Morgan fingerprint density at radius 1 is 1.14 bits per heavy atom. The zero-order chi connectivity index (χ0) is 20.7. The highest BCUT2D eigenvalue weighted by Gasteiger charge is 2.45. The van der Waals surface area contributed by atoms with Gasteiger partial charge < -0.3 is 5.11 Å². The van der Waals surface area contributed by atoms with Gasteiger partial charge in [0, 0.05) is 22.6 Å². The molecule has 1 aliphatic rings. The Morgan fingerprint density at radius 3 is 2.38 bits per heavy atom. The quantitative estimate of drug-likeness (QED) is 0.559. The lowest BCUT2D eigenvalue weighted by Gasteiger charge is -2.26. The van der Waals surface area contributed by atoms with Gasteiger partial charge in [-0.3, -0.25) is 19.5 Å². The summed E-state index contributed by atoms with van der Waals surface area (Å²) in [6.07, 6.45) is 3.19. The number of thiazole rings is 1. The minimum absolute atomic E-state index is 0.0517. The van der Waals surface area contributed by atoms with Crippen LogP contribution in [0.4, 0.5) is 5.69 Å². The predicted octanol–water partition coefficient (Wildman–Crippen LogP) is 4.70. The number of halogens is 1. The molecule has 0 radical (unpaired) electrons. The van der Waals surface area contributed by atoms with Crippen LogP contribution in [0.1, 0.15) is 32.0 Å². The van der Waals surface area contributed by atoms with E-state index in [0.717, 1.165) is 9.48 Å². The first-order chi connectivity index (χ1) is 13.9. The summed E-state index contributed by atoms with van der Waals surface area (Å²) in [4.78, 5) is 36.6. The molecule has 6 nitrogen and oxygen atoms in total. The van der Waals surface area contributed by atoms with Crippen LogP contribution in [0.3, 0.4) is 0 Å². The molecule has 0 bridgehead atoms. The first-order valence-corrected chi connectivity index (χ1v) is 10.4. The second-order valence-corrected chi connectivity index (χ2v) is 8.69. The van der Waals surface area contributed by atoms with Gasteiger partial charge in [0.2, 0.25) is 5.78 Å². The van der Waals surface area contributed by atoms with Gasteiger partial charge in [0.05, 0.1) is 27.2 Å². The summed E-state index contributed by atoms with van der Waals surface area (Å²) in [5.41, 5.74) is 1.89. The van der Waals surface area contributed by atoms with Crippen molar-refractivity contribution in [2.75, 3.05) is 4.90 Å². The number of hydrogen-bond donors (Lipinski definition) is 1. The summed E-state index contributed by atoms with van der Waals surface area (Å²) in [7, 11) is 0. The normalized spacial score (nSPS) is 16.6. The number of anilines is 1. The summed E-state index contributed by atoms with van der Waals surface area (Å²) in [6.45, 7) is 3.57. The van der Waals surface area contributed by atoms with E-state index in [-0.39, 0.29) is 11.4 Å². The molecule has 0 aliphatic carbocycles. The summed E-state index contributed by atoms with van der Waals surface area (Å²) in [5, 5.41) is 11.5. The maximum absolute atomic E-state index is 13.4. The zero-order valence-electron chi connectivity index (χ0n) is 15.6. The van der Waals surface area contributed by atoms with E-state index in [1.807, 2.05) is 6.92 Å². The molecule has 2 aromatic heterocycles. The Labute approximate surface area is 179 Å². The lowest BCUT2D eigenvalue weighted by molar-refractivity contribution is -0.117. The number of amides is 1. The van der Waals surface area contributed by atoms with E-state index in [2.05, 4.69) is 25.9 Å². The van der Waals surface area contributed by atoms with Crippen LogP contribution in [-0.2, 0) is 4.79 Å². The van der Waals surface area contributed by atoms with Crippen molar-refractivity contribution in [1.29, 1.82) is 0 Å². The number of ketones is 1. The summed E-state index contributed by atoms with van der Waals surface area (Å²) < 4.78 is 0.859. The first-order valence-electron chi connectivity index (χ1n) is 8.79.